The van der Waals surface area contributed by atoms with Gasteiger partial charge in [-0.05, 0) is 43.0 Å². The van der Waals surface area contributed by atoms with Gasteiger partial charge >= 0.3 is 0 Å². The third kappa shape index (κ3) is 3.48. The Morgan fingerprint density at radius 3 is 2.71 bits per heavy atom. The van der Waals surface area contributed by atoms with Crippen molar-refractivity contribution in [2.24, 2.45) is 5.92 Å². The van der Waals surface area contributed by atoms with E-state index in [1.54, 1.807) is 24.1 Å². The number of nitrogens with zero attached hydrogens (tertiary/aromatic N) is 1. The standard InChI is InChI=1S/C13H16FNOS/c1-10(16)11-5-7-15(8-6-11)17-13-4-2-3-12(14)9-13/h2-4,9,11,16H,1,5-8H2. The molecule has 1 aromatic carbocycles. The maximum Gasteiger partial charge on any atom is 0.124 e. The summed E-state index contributed by atoms with van der Waals surface area (Å²) in [5.41, 5.74) is 0. The molecule has 2 nitrogen and oxygen atoms in total. The highest BCUT2D eigenvalue weighted by Gasteiger charge is 2.21. The molecule has 1 saturated heterocycles. The minimum Gasteiger partial charge on any atom is -0.513 e. The van der Waals surface area contributed by atoms with Crippen molar-refractivity contribution in [1.82, 2.24) is 4.31 Å². The van der Waals surface area contributed by atoms with Crippen LogP contribution in [0.3, 0.4) is 0 Å². The average Bonchev–Trinajstić information content (AvgIpc) is 2.29. The smallest absolute Gasteiger partial charge is 0.124 e. The van der Waals surface area contributed by atoms with Crippen molar-refractivity contribution in [2.45, 2.75) is 17.7 Å². The van der Waals surface area contributed by atoms with E-state index in [2.05, 4.69) is 10.9 Å². The predicted octanol–water partition coefficient (Wildman–Crippen LogP) is 3.62. The fourth-order valence-corrected chi connectivity index (χ4v) is 2.95. The van der Waals surface area contributed by atoms with E-state index in [0.717, 1.165) is 30.8 Å². The Kier molecular flexibility index (Phi) is 4.07. The molecule has 0 bridgehead atoms. The van der Waals surface area contributed by atoms with Crippen LogP contribution in [-0.2, 0) is 0 Å². The van der Waals surface area contributed by atoms with E-state index in [0.29, 0.717) is 5.76 Å². The van der Waals surface area contributed by atoms with Crippen LogP contribution in [0.2, 0.25) is 0 Å². The van der Waals surface area contributed by atoms with Gasteiger partial charge < -0.3 is 5.11 Å². The zero-order chi connectivity index (χ0) is 12.3. The molecule has 0 radical (unpaired) electrons. The van der Waals surface area contributed by atoms with Gasteiger partial charge in [-0.3, -0.25) is 0 Å². The summed E-state index contributed by atoms with van der Waals surface area (Å²) < 4.78 is 15.2. The van der Waals surface area contributed by atoms with Crippen molar-refractivity contribution in [3.05, 3.63) is 42.4 Å². The topological polar surface area (TPSA) is 23.5 Å². The lowest BCUT2D eigenvalue weighted by Crippen LogP contribution is -2.29. The van der Waals surface area contributed by atoms with Crippen molar-refractivity contribution >= 4 is 11.9 Å². The van der Waals surface area contributed by atoms with Crippen LogP contribution in [0.15, 0.2) is 41.5 Å². The summed E-state index contributed by atoms with van der Waals surface area (Å²) >= 11 is 1.57. The Balaban J connectivity index is 1.88. The number of aliphatic hydroxyl groups excluding tert-OH is 1. The zero-order valence-corrected chi connectivity index (χ0v) is 10.4. The maximum atomic E-state index is 13.0. The summed E-state index contributed by atoms with van der Waals surface area (Å²) in [5, 5.41) is 9.32. The van der Waals surface area contributed by atoms with Crippen molar-refractivity contribution in [3.63, 3.8) is 0 Å². The monoisotopic (exact) mass is 253 g/mol. The number of allylic oxidation sites excluding steroid dienone is 1. The van der Waals surface area contributed by atoms with Crippen LogP contribution in [0.5, 0.6) is 0 Å². The highest BCUT2D eigenvalue weighted by atomic mass is 32.2. The van der Waals surface area contributed by atoms with Gasteiger partial charge in [-0.1, -0.05) is 12.6 Å². The van der Waals surface area contributed by atoms with Crippen molar-refractivity contribution in [2.75, 3.05) is 13.1 Å². The second-order valence-electron chi connectivity index (χ2n) is 4.24. The highest BCUT2D eigenvalue weighted by Crippen LogP contribution is 2.30. The quantitative estimate of drug-likeness (QED) is 0.657. The van der Waals surface area contributed by atoms with E-state index < -0.39 is 0 Å². The molecule has 92 valence electrons. The number of halogens is 1. The van der Waals surface area contributed by atoms with Gasteiger partial charge in [-0.15, -0.1) is 0 Å². The van der Waals surface area contributed by atoms with Gasteiger partial charge in [0.25, 0.3) is 0 Å². The van der Waals surface area contributed by atoms with Gasteiger partial charge in [-0.2, -0.15) is 0 Å². The largest absolute Gasteiger partial charge is 0.513 e. The van der Waals surface area contributed by atoms with Gasteiger partial charge in [0, 0.05) is 23.9 Å². The number of aliphatic hydroxyl groups is 1. The van der Waals surface area contributed by atoms with Crippen LogP contribution in [0, 0.1) is 11.7 Å². The zero-order valence-electron chi connectivity index (χ0n) is 9.60. The van der Waals surface area contributed by atoms with Gasteiger partial charge in [0.1, 0.15) is 5.82 Å². The molecule has 4 heteroatoms. The van der Waals surface area contributed by atoms with E-state index >= 15 is 0 Å². The van der Waals surface area contributed by atoms with E-state index in [9.17, 15) is 9.50 Å². The molecular formula is C13H16FNOS. The maximum absolute atomic E-state index is 13.0. The summed E-state index contributed by atoms with van der Waals surface area (Å²) in [6, 6.07) is 6.62. The van der Waals surface area contributed by atoms with Crippen molar-refractivity contribution in [3.8, 4) is 0 Å². The van der Waals surface area contributed by atoms with E-state index in [1.807, 2.05) is 6.07 Å². The first-order valence-electron chi connectivity index (χ1n) is 5.71. The molecule has 1 aliphatic heterocycles. The normalized spacial score (nSPS) is 18.2. The van der Waals surface area contributed by atoms with Crippen molar-refractivity contribution < 1.29 is 9.50 Å². The second-order valence-corrected chi connectivity index (χ2v) is 5.41. The Bertz CT molecular complexity index is 402. The summed E-state index contributed by atoms with van der Waals surface area (Å²) in [4.78, 5) is 0.922. The molecule has 1 aromatic rings. The van der Waals surface area contributed by atoms with Gasteiger partial charge in [0.05, 0.1) is 5.76 Å². The summed E-state index contributed by atoms with van der Waals surface area (Å²) in [5.74, 6) is 0.313. The van der Waals surface area contributed by atoms with Crippen LogP contribution in [0.1, 0.15) is 12.8 Å². The molecule has 17 heavy (non-hydrogen) atoms. The van der Waals surface area contributed by atoms with Gasteiger partial charge in [0.15, 0.2) is 0 Å². The Hall–Kier alpha value is -1.00. The molecule has 0 amide bonds. The molecular weight excluding hydrogens is 237 g/mol. The lowest BCUT2D eigenvalue weighted by molar-refractivity contribution is 0.247. The Morgan fingerprint density at radius 2 is 2.12 bits per heavy atom. The first-order valence-corrected chi connectivity index (χ1v) is 6.49. The van der Waals surface area contributed by atoms with E-state index in [-0.39, 0.29) is 11.7 Å². The van der Waals surface area contributed by atoms with E-state index in [4.69, 9.17) is 0 Å². The molecule has 0 unspecified atom stereocenters. The fourth-order valence-electron chi connectivity index (χ4n) is 1.95. The van der Waals surface area contributed by atoms with Crippen LogP contribution in [0.4, 0.5) is 4.39 Å². The molecule has 1 N–H and O–H groups in total. The molecule has 0 atom stereocenters. The molecule has 1 fully saturated rings. The van der Waals surface area contributed by atoms with Gasteiger partial charge in [-0.25, -0.2) is 8.70 Å². The number of hydrogen-bond acceptors (Lipinski definition) is 3. The number of benzene rings is 1. The number of hydrogen-bond donors (Lipinski definition) is 1. The number of rotatable bonds is 3. The lowest BCUT2D eigenvalue weighted by Gasteiger charge is -2.30. The summed E-state index contributed by atoms with van der Waals surface area (Å²) in [6.07, 6.45) is 1.83. The fraction of sp³-hybridized carbons (Fsp3) is 0.385. The Labute approximate surface area is 105 Å². The third-order valence-corrected chi connectivity index (χ3v) is 4.04. The second kappa shape index (κ2) is 5.56. The first kappa shape index (κ1) is 12.5. The highest BCUT2D eigenvalue weighted by molar-refractivity contribution is 7.97. The first-order chi connectivity index (χ1) is 8.15. The minimum absolute atomic E-state index is 0.200. The average molecular weight is 253 g/mol. The third-order valence-electron chi connectivity index (χ3n) is 2.96. The molecule has 0 saturated carbocycles. The molecule has 2 rings (SSSR count). The summed E-state index contributed by atoms with van der Waals surface area (Å²) in [6.45, 7) is 5.37. The van der Waals surface area contributed by atoms with Crippen LogP contribution >= 0.6 is 11.9 Å². The molecule has 0 aliphatic carbocycles. The minimum atomic E-state index is -0.200. The molecule has 1 heterocycles. The predicted molar refractivity (Wildman–Crippen MR) is 68.3 cm³/mol. The summed E-state index contributed by atoms with van der Waals surface area (Å²) in [7, 11) is 0. The molecule has 0 spiro atoms. The van der Waals surface area contributed by atoms with Gasteiger partial charge in [0.2, 0.25) is 0 Å². The number of piperidine rings is 1. The van der Waals surface area contributed by atoms with Crippen LogP contribution in [-0.4, -0.2) is 22.5 Å². The Morgan fingerprint density at radius 1 is 1.41 bits per heavy atom. The molecule has 1 aliphatic rings. The van der Waals surface area contributed by atoms with E-state index in [1.165, 1.54) is 6.07 Å². The van der Waals surface area contributed by atoms with Crippen molar-refractivity contribution in [1.29, 1.82) is 0 Å². The molecule has 0 aromatic heterocycles. The van der Waals surface area contributed by atoms with Crippen LogP contribution in [0.25, 0.3) is 0 Å². The lowest BCUT2D eigenvalue weighted by atomic mass is 9.97. The SMILES string of the molecule is C=C(O)C1CCN(Sc2cccc(F)c2)CC1. The van der Waals surface area contributed by atoms with Crippen LogP contribution < -0.4 is 0 Å².